The minimum Gasteiger partial charge on any atom is -0.361 e. The number of aromatic amines is 1. The summed E-state index contributed by atoms with van der Waals surface area (Å²) in [6, 6.07) is 7.85. The smallest absolute Gasteiger partial charge is 0.248 e. The molecule has 118 valence electrons. The fourth-order valence-corrected chi connectivity index (χ4v) is 2.53. The van der Waals surface area contributed by atoms with Crippen LogP contribution < -0.4 is 10.9 Å². The number of rotatable bonds is 5. The number of hydrogen-bond donors (Lipinski definition) is 3. The molecule has 0 saturated carbocycles. The molecule has 1 aliphatic rings. The van der Waals surface area contributed by atoms with E-state index in [4.69, 9.17) is 0 Å². The summed E-state index contributed by atoms with van der Waals surface area (Å²) in [6.07, 6.45) is 4.08. The van der Waals surface area contributed by atoms with E-state index in [1.165, 1.54) is 0 Å². The zero-order chi connectivity index (χ0) is 16.2. The summed E-state index contributed by atoms with van der Waals surface area (Å²) in [4.78, 5) is 26.4. The van der Waals surface area contributed by atoms with Crippen LogP contribution in [0.3, 0.4) is 0 Å². The summed E-state index contributed by atoms with van der Waals surface area (Å²) in [7, 11) is 0. The topological polar surface area (TPSA) is 98.7 Å². The number of hydrogen-bond acceptors (Lipinski definition) is 4. The summed E-state index contributed by atoms with van der Waals surface area (Å²) in [5, 5.41) is 8.87. The number of para-hydroxylation sites is 1. The molecule has 0 aliphatic carbocycles. The van der Waals surface area contributed by atoms with Crippen LogP contribution in [0.4, 0.5) is 0 Å². The molecule has 7 nitrogen and oxygen atoms in total. The lowest BCUT2D eigenvalue weighted by molar-refractivity contribution is -0.123. The second-order valence-corrected chi connectivity index (χ2v) is 5.40. The minimum absolute atomic E-state index is 0.155. The maximum absolute atomic E-state index is 11.8. The number of fused-ring (bicyclic) bond motifs is 1. The molecule has 0 radical (unpaired) electrons. The first-order valence-electron chi connectivity index (χ1n) is 7.37. The first-order valence-corrected chi connectivity index (χ1v) is 7.37. The molecule has 0 bridgehead atoms. The SMILES string of the molecule is CC1=NNC(=O)C1CCC(=O)N/N=C/c1c[nH]c2ccccc12. The molecule has 3 N–H and O–H groups in total. The van der Waals surface area contributed by atoms with Crippen molar-refractivity contribution in [2.75, 3.05) is 0 Å². The number of benzene rings is 1. The van der Waals surface area contributed by atoms with Gasteiger partial charge in [0.1, 0.15) is 0 Å². The number of hydrazone groups is 2. The molecule has 0 spiro atoms. The summed E-state index contributed by atoms with van der Waals surface area (Å²) in [6.45, 7) is 1.77. The highest BCUT2D eigenvalue weighted by Gasteiger charge is 2.26. The molecule has 1 aliphatic heterocycles. The van der Waals surface area contributed by atoms with E-state index in [0.717, 1.165) is 16.5 Å². The van der Waals surface area contributed by atoms with E-state index in [1.807, 2.05) is 30.5 Å². The van der Waals surface area contributed by atoms with Crippen LogP contribution in [-0.4, -0.2) is 28.7 Å². The highest BCUT2D eigenvalue weighted by Crippen LogP contribution is 2.16. The monoisotopic (exact) mass is 311 g/mol. The Hall–Kier alpha value is -2.96. The van der Waals surface area contributed by atoms with Crippen molar-refractivity contribution in [3.63, 3.8) is 0 Å². The van der Waals surface area contributed by atoms with Gasteiger partial charge in [-0.1, -0.05) is 18.2 Å². The lowest BCUT2D eigenvalue weighted by Crippen LogP contribution is -2.25. The number of nitrogens with zero attached hydrogens (tertiary/aromatic N) is 2. The summed E-state index contributed by atoms with van der Waals surface area (Å²) < 4.78 is 0. The van der Waals surface area contributed by atoms with Crippen LogP contribution in [0, 0.1) is 5.92 Å². The molecule has 1 unspecified atom stereocenters. The van der Waals surface area contributed by atoms with Crippen molar-refractivity contribution in [2.45, 2.75) is 19.8 Å². The number of H-pyrrole nitrogens is 1. The first-order chi connectivity index (χ1) is 11.1. The van der Waals surface area contributed by atoms with Crippen LogP contribution in [0.5, 0.6) is 0 Å². The Bertz CT molecular complexity index is 806. The van der Waals surface area contributed by atoms with Gasteiger partial charge in [-0.15, -0.1) is 0 Å². The Morgan fingerprint density at radius 2 is 2.26 bits per heavy atom. The van der Waals surface area contributed by atoms with E-state index in [-0.39, 0.29) is 24.2 Å². The van der Waals surface area contributed by atoms with Gasteiger partial charge in [-0.3, -0.25) is 9.59 Å². The van der Waals surface area contributed by atoms with Gasteiger partial charge in [-0.2, -0.15) is 10.2 Å². The molecule has 2 aromatic rings. The van der Waals surface area contributed by atoms with Gasteiger partial charge in [0, 0.05) is 34.8 Å². The van der Waals surface area contributed by atoms with Gasteiger partial charge in [0.15, 0.2) is 0 Å². The maximum atomic E-state index is 11.8. The zero-order valence-corrected chi connectivity index (χ0v) is 12.7. The molecular formula is C16H17N5O2. The zero-order valence-electron chi connectivity index (χ0n) is 12.7. The average Bonchev–Trinajstić information content (AvgIpc) is 3.10. The van der Waals surface area contributed by atoms with Crippen molar-refractivity contribution in [3.05, 3.63) is 36.0 Å². The maximum Gasteiger partial charge on any atom is 0.248 e. The van der Waals surface area contributed by atoms with Crippen LogP contribution in [-0.2, 0) is 9.59 Å². The van der Waals surface area contributed by atoms with Gasteiger partial charge in [0.2, 0.25) is 11.8 Å². The Morgan fingerprint density at radius 3 is 3.04 bits per heavy atom. The van der Waals surface area contributed by atoms with Gasteiger partial charge in [-0.25, -0.2) is 10.9 Å². The number of aromatic nitrogens is 1. The van der Waals surface area contributed by atoms with Gasteiger partial charge in [0.25, 0.3) is 0 Å². The Labute approximate surface area is 132 Å². The Kier molecular flexibility index (Phi) is 4.18. The second kappa shape index (κ2) is 6.43. The molecule has 0 fully saturated rings. The van der Waals surface area contributed by atoms with Crippen molar-refractivity contribution in [1.82, 2.24) is 15.8 Å². The van der Waals surface area contributed by atoms with E-state index in [1.54, 1.807) is 13.1 Å². The quantitative estimate of drug-likeness (QED) is 0.576. The third-order valence-corrected chi connectivity index (χ3v) is 3.84. The Morgan fingerprint density at radius 1 is 1.43 bits per heavy atom. The molecule has 2 heterocycles. The third kappa shape index (κ3) is 3.28. The highest BCUT2D eigenvalue weighted by molar-refractivity contribution is 6.07. The fourth-order valence-electron chi connectivity index (χ4n) is 2.53. The normalized spacial score (nSPS) is 17.5. The van der Waals surface area contributed by atoms with Crippen molar-refractivity contribution >= 4 is 34.6 Å². The number of nitrogens with one attached hydrogen (secondary N) is 3. The van der Waals surface area contributed by atoms with Gasteiger partial charge in [-0.05, 0) is 19.4 Å². The highest BCUT2D eigenvalue weighted by atomic mass is 16.2. The van der Waals surface area contributed by atoms with Crippen LogP contribution in [0.2, 0.25) is 0 Å². The molecule has 2 amide bonds. The first kappa shape index (κ1) is 15.0. The molecule has 1 aromatic carbocycles. The van der Waals surface area contributed by atoms with Crippen LogP contribution in [0.15, 0.2) is 40.7 Å². The van der Waals surface area contributed by atoms with Crippen LogP contribution in [0.1, 0.15) is 25.3 Å². The van der Waals surface area contributed by atoms with E-state index in [0.29, 0.717) is 12.1 Å². The van der Waals surface area contributed by atoms with Crippen LogP contribution in [0.25, 0.3) is 10.9 Å². The predicted octanol–water partition coefficient (Wildman–Crippen LogP) is 1.52. The van der Waals surface area contributed by atoms with Crippen molar-refractivity contribution in [1.29, 1.82) is 0 Å². The van der Waals surface area contributed by atoms with E-state index < -0.39 is 0 Å². The summed E-state index contributed by atoms with van der Waals surface area (Å²) in [5.74, 6) is -0.704. The molecule has 7 heteroatoms. The fraction of sp³-hybridized carbons (Fsp3) is 0.250. The third-order valence-electron chi connectivity index (χ3n) is 3.84. The van der Waals surface area contributed by atoms with Crippen LogP contribution >= 0.6 is 0 Å². The van der Waals surface area contributed by atoms with E-state index in [9.17, 15) is 9.59 Å². The second-order valence-electron chi connectivity index (χ2n) is 5.40. The minimum atomic E-state index is -0.321. The molecule has 1 aromatic heterocycles. The number of carbonyl (C=O) groups excluding carboxylic acids is 2. The van der Waals surface area contributed by atoms with E-state index >= 15 is 0 Å². The average molecular weight is 311 g/mol. The van der Waals surface area contributed by atoms with Gasteiger partial charge >= 0.3 is 0 Å². The number of amides is 2. The molecule has 1 atom stereocenters. The molecular weight excluding hydrogens is 294 g/mol. The van der Waals surface area contributed by atoms with Gasteiger partial charge < -0.3 is 4.98 Å². The molecule has 3 rings (SSSR count). The lowest BCUT2D eigenvalue weighted by Gasteiger charge is -2.06. The van der Waals surface area contributed by atoms with Gasteiger partial charge in [0.05, 0.1) is 12.1 Å². The number of carbonyl (C=O) groups is 2. The summed E-state index contributed by atoms with van der Waals surface area (Å²) in [5.41, 5.74) is 7.52. The van der Waals surface area contributed by atoms with Crippen molar-refractivity contribution in [3.8, 4) is 0 Å². The van der Waals surface area contributed by atoms with Crippen molar-refractivity contribution < 1.29 is 9.59 Å². The van der Waals surface area contributed by atoms with E-state index in [2.05, 4.69) is 26.0 Å². The Balaban J connectivity index is 1.53. The standard InChI is InChI=1S/C16H17N5O2/c1-10-12(16(23)21-19-10)6-7-15(22)20-18-9-11-8-17-14-5-3-2-4-13(11)14/h2-5,8-9,12,17H,6-7H2,1H3,(H,20,22)(H,21,23)/b18-9+. The summed E-state index contributed by atoms with van der Waals surface area (Å²) >= 11 is 0. The van der Waals surface area contributed by atoms with Crippen molar-refractivity contribution in [2.24, 2.45) is 16.1 Å². The largest absolute Gasteiger partial charge is 0.361 e. The molecule has 23 heavy (non-hydrogen) atoms. The lowest BCUT2D eigenvalue weighted by atomic mass is 9.99. The molecule has 0 saturated heterocycles. The predicted molar refractivity (Wildman–Crippen MR) is 88.0 cm³/mol.